The van der Waals surface area contributed by atoms with Crippen LogP contribution in [0.15, 0.2) is 35.5 Å². The van der Waals surface area contributed by atoms with Gasteiger partial charge in [-0.2, -0.15) is 11.8 Å². The first-order chi connectivity index (χ1) is 19.7. The smallest absolute Gasteiger partial charge is 0.326 e. The van der Waals surface area contributed by atoms with Crippen LogP contribution in [-0.2, 0) is 25.6 Å². The molecule has 0 saturated carbocycles. The summed E-state index contributed by atoms with van der Waals surface area (Å²) in [5, 5.41) is 21.8. The lowest BCUT2D eigenvalue weighted by atomic mass is 10.0. The number of aromatic nitrogens is 1. The van der Waals surface area contributed by atoms with Gasteiger partial charge in [0.15, 0.2) is 5.96 Å². The predicted molar refractivity (Wildman–Crippen MR) is 159 cm³/mol. The summed E-state index contributed by atoms with van der Waals surface area (Å²) in [4.78, 5) is 58.8. The number of rotatable bonds is 16. The number of carbonyl (C=O) groups excluding carboxylic acids is 3. The van der Waals surface area contributed by atoms with E-state index < -0.39 is 42.0 Å². The van der Waals surface area contributed by atoms with Gasteiger partial charge in [-0.3, -0.25) is 19.4 Å². The second-order valence-electron chi connectivity index (χ2n) is 9.96. The molecule has 2 aromatic rings. The van der Waals surface area contributed by atoms with Crippen LogP contribution in [0.1, 0.15) is 37.7 Å². The average Bonchev–Trinajstić information content (AvgIpc) is 3.62. The van der Waals surface area contributed by atoms with Gasteiger partial charge in [0.25, 0.3) is 0 Å². The molecule has 4 unspecified atom stereocenters. The minimum atomic E-state index is -1.16. The van der Waals surface area contributed by atoms with Gasteiger partial charge in [0, 0.05) is 30.1 Å². The van der Waals surface area contributed by atoms with Crippen molar-refractivity contribution in [3.8, 4) is 0 Å². The van der Waals surface area contributed by atoms with E-state index in [9.17, 15) is 24.3 Å². The van der Waals surface area contributed by atoms with Crippen molar-refractivity contribution < 1.29 is 24.3 Å². The number of carboxylic acids is 1. The first-order valence-electron chi connectivity index (χ1n) is 13.7. The largest absolute Gasteiger partial charge is 0.480 e. The summed E-state index contributed by atoms with van der Waals surface area (Å²) in [5.41, 5.74) is 12.5. The lowest BCUT2D eigenvalue weighted by Crippen LogP contribution is -2.57. The number of nitrogens with two attached hydrogens (primary N) is 2. The molecular weight excluding hydrogens is 548 g/mol. The van der Waals surface area contributed by atoms with E-state index in [0.717, 1.165) is 29.4 Å². The van der Waals surface area contributed by atoms with E-state index in [0.29, 0.717) is 18.6 Å². The van der Waals surface area contributed by atoms with E-state index in [2.05, 4.69) is 31.2 Å². The molecule has 10 N–H and O–H groups in total. The van der Waals surface area contributed by atoms with Gasteiger partial charge in [0.05, 0.1) is 6.04 Å². The van der Waals surface area contributed by atoms with Crippen LogP contribution in [0.4, 0.5) is 0 Å². The van der Waals surface area contributed by atoms with Crippen molar-refractivity contribution in [1.29, 1.82) is 0 Å². The first-order valence-corrected chi connectivity index (χ1v) is 15.1. The number of benzene rings is 1. The van der Waals surface area contributed by atoms with Crippen molar-refractivity contribution in [1.82, 2.24) is 26.3 Å². The van der Waals surface area contributed by atoms with Crippen LogP contribution in [-0.4, -0.2) is 89.0 Å². The SMILES string of the molecule is CSCCC(NC(=O)C(CCCN=C(N)N)NC(=O)C(Cc1c[nH]c2ccccc12)NC(=O)C1CCCN1)C(=O)O. The van der Waals surface area contributed by atoms with Gasteiger partial charge in [-0.05, 0) is 62.3 Å². The van der Waals surface area contributed by atoms with Crippen molar-refractivity contribution in [2.24, 2.45) is 16.5 Å². The number of hydrogen-bond acceptors (Lipinski definition) is 7. The van der Waals surface area contributed by atoms with Gasteiger partial charge in [0.2, 0.25) is 17.7 Å². The lowest BCUT2D eigenvalue weighted by molar-refractivity contribution is -0.142. The number of hydrogen-bond donors (Lipinski definition) is 8. The number of nitrogens with zero attached hydrogens (tertiary/aromatic N) is 1. The number of amides is 3. The van der Waals surface area contributed by atoms with Crippen LogP contribution in [0.5, 0.6) is 0 Å². The van der Waals surface area contributed by atoms with Gasteiger partial charge >= 0.3 is 5.97 Å². The minimum Gasteiger partial charge on any atom is -0.480 e. The Labute approximate surface area is 243 Å². The Hall–Kier alpha value is -3.78. The Morgan fingerprint density at radius 3 is 2.49 bits per heavy atom. The third-order valence-corrected chi connectivity index (χ3v) is 7.56. The van der Waals surface area contributed by atoms with Gasteiger partial charge in [-0.15, -0.1) is 0 Å². The van der Waals surface area contributed by atoms with Crippen molar-refractivity contribution >= 4 is 52.3 Å². The molecule has 41 heavy (non-hydrogen) atoms. The molecule has 2 heterocycles. The van der Waals surface area contributed by atoms with Crippen LogP contribution >= 0.6 is 11.8 Å². The number of aromatic amines is 1. The summed E-state index contributed by atoms with van der Waals surface area (Å²) in [6.07, 6.45) is 6.08. The third-order valence-electron chi connectivity index (χ3n) is 6.91. The van der Waals surface area contributed by atoms with E-state index >= 15 is 0 Å². The maximum atomic E-state index is 13.7. The second-order valence-corrected chi connectivity index (χ2v) is 11.0. The molecule has 0 bridgehead atoms. The number of H-pyrrole nitrogens is 1. The predicted octanol–water partition coefficient (Wildman–Crippen LogP) is -0.192. The molecule has 1 aliphatic heterocycles. The number of thioether (sulfide) groups is 1. The summed E-state index contributed by atoms with van der Waals surface area (Å²) in [7, 11) is 0. The number of aliphatic carboxylic acids is 1. The summed E-state index contributed by atoms with van der Waals surface area (Å²) < 4.78 is 0. The van der Waals surface area contributed by atoms with E-state index in [4.69, 9.17) is 11.5 Å². The number of carboxylic acid groups (broad SMARTS) is 1. The molecule has 1 saturated heterocycles. The Morgan fingerprint density at radius 1 is 1.07 bits per heavy atom. The van der Waals surface area contributed by atoms with Gasteiger partial charge in [0.1, 0.15) is 18.1 Å². The molecule has 224 valence electrons. The Balaban J connectivity index is 1.81. The standard InChI is InChI=1S/C27H40N8O5S/c1-41-13-10-21(26(39)40)34-24(37)20(9-5-12-31-27(28)29)33-25(38)22(35-23(36)19-8-4-11-30-19)14-16-15-32-18-7-3-2-6-17(16)18/h2-3,6-7,15,19-22,30,32H,4-5,8-14H2,1H3,(H,33,38)(H,34,37)(H,35,36)(H,39,40)(H4,28,29,31). The molecule has 1 aliphatic rings. The number of carbonyl (C=O) groups is 4. The maximum Gasteiger partial charge on any atom is 0.326 e. The van der Waals surface area contributed by atoms with Crippen molar-refractivity contribution in [3.05, 3.63) is 36.0 Å². The van der Waals surface area contributed by atoms with Crippen LogP contribution in [0, 0.1) is 0 Å². The topological polar surface area (TPSA) is 217 Å². The Kier molecular flexibility index (Phi) is 12.3. The highest BCUT2D eigenvalue weighted by molar-refractivity contribution is 7.98. The summed E-state index contributed by atoms with van der Waals surface area (Å²) >= 11 is 1.46. The van der Waals surface area contributed by atoms with Crippen LogP contribution < -0.4 is 32.7 Å². The maximum absolute atomic E-state index is 13.7. The van der Waals surface area contributed by atoms with E-state index in [1.54, 1.807) is 6.20 Å². The molecule has 4 atom stereocenters. The van der Waals surface area contributed by atoms with E-state index in [-0.39, 0.29) is 37.7 Å². The van der Waals surface area contributed by atoms with Crippen LogP contribution in [0.25, 0.3) is 10.9 Å². The normalized spacial score (nSPS) is 16.9. The molecule has 13 nitrogen and oxygen atoms in total. The van der Waals surface area contributed by atoms with Crippen LogP contribution in [0.2, 0.25) is 0 Å². The molecule has 0 aliphatic carbocycles. The quantitative estimate of drug-likeness (QED) is 0.0739. The monoisotopic (exact) mass is 588 g/mol. The number of nitrogens with one attached hydrogen (secondary N) is 5. The number of para-hydroxylation sites is 1. The van der Waals surface area contributed by atoms with Gasteiger partial charge < -0.3 is 42.8 Å². The zero-order valence-electron chi connectivity index (χ0n) is 23.2. The fraction of sp³-hybridized carbons (Fsp3) is 0.519. The molecule has 1 aromatic heterocycles. The summed E-state index contributed by atoms with van der Waals surface area (Å²) in [6.45, 7) is 0.941. The van der Waals surface area contributed by atoms with E-state index in [1.165, 1.54) is 11.8 Å². The van der Waals surface area contributed by atoms with E-state index in [1.807, 2.05) is 30.5 Å². The molecule has 14 heteroatoms. The fourth-order valence-electron chi connectivity index (χ4n) is 4.72. The van der Waals surface area contributed by atoms with Gasteiger partial charge in [-0.1, -0.05) is 18.2 Å². The average molecular weight is 589 g/mol. The Morgan fingerprint density at radius 2 is 1.80 bits per heavy atom. The molecule has 1 aromatic carbocycles. The summed E-state index contributed by atoms with van der Waals surface area (Å²) in [5.74, 6) is -2.20. The number of aliphatic imine (C=N–C) groups is 1. The molecule has 1 fully saturated rings. The minimum absolute atomic E-state index is 0.0972. The van der Waals surface area contributed by atoms with Crippen molar-refractivity contribution in [2.75, 3.05) is 25.1 Å². The van der Waals surface area contributed by atoms with Gasteiger partial charge in [-0.25, -0.2) is 4.79 Å². The number of guanidine groups is 1. The zero-order chi connectivity index (χ0) is 29.8. The highest BCUT2D eigenvalue weighted by Crippen LogP contribution is 2.19. The Bertz CT molecular complexity index is 1230. The second kappa shape index (κ2) is 15.9. The lowest BCUT2D eigenvalue weighted by Gasteiger charge is -2.25. The highest BCUT2D eigenvalue weighted by atomic mass is 32.2. The first kappa shape index (κ1) is 31.7. The molecule has 3 amide bonds. The molecular formula is C27H40N8O5S. The number of fused-ring (bicyclic) bond motifs is 1. The third kappa shape index (κ3) is 9.67. The van der Waals surface area contributed by atoms with Crippen LogP contribution in [0.3, 0.4) is 0 Å². The highest BCUT2D eigenvalue weighted by Gasteiger charge is 2.32. The summed E-state index contributed by atoms with van der Waals surface area (Å²) in [6, 6.07) is 4.07. The molecule has 3 rings (SSSR count). The van der Waals surface area contributed by atoms with Crippen molar-refractivity contribution in [3.63, 3.8) is 0 Å². The zero-order valence-corrected chi connectivity index (χ0v) is 24.0. The van der Waals surface area contributed by atoms with Crippen molar-refractivity contribution in [2.45, 2.75) is 62.7 Å². The fourth-order valence-corrected chi connectivity index (χ4v) is 5.19. The molecule has 0 radical (unpaired) electrons. The molecule has 0 spiro atoms.